The van der Waals surface area contributed by atoms with Crippen molar-refractivity contribution in [1.82, 2.24) is 9.99 Å². The van der Waals surface area contributed by atoms with E-state index in [2.05, 4.69) is 9.84 Å². The summed E-state index contributed by atoms with van der Waals surface area (Å²) in [5, 5.41) is 2.29. The van der Waals surface area contributed by atoms with Crippen LogP contribution >= 0.6 is 7.75 Å². The molecule has 8 nitrogen and oxygen atoms in total. The van der Waals surface area contributed by atoms with Gasteiger partial charge in [0.2, 0.25) is 7.75 Å². The Hall–Kier alpha value is -1.89. The number of carbonyl (C=O) groups excluding carboxylic acids is 2. The van der Waals surface area contributed by atoms with Crippen molar-refractivity contribution in [2.75, 3.05) is 13.7 Å². The van der Waals surface area contributed by atoms with E-state index >= 15 is 0 Å². The molecule has 0 radical (unpaired) electrons. The number of nitrogens with zero attached hydrogens (tertiary/aromatic N) is 1. The quantitative estimate of drug-likeness (QED) is 0.616. The van der Waals surface area contributed by atoms with Crippen LogP contribution in [-0.2, 0) is 25.2 Å². The minimum atomic E-state index is -4.34. The molecule has 1 unspecified atom stereocenters. The first-order chi connectivity index (χ1) is 9.94. The zero-order valence-corrected chi connectivity index (χ0v) is 12.1. The first kappa shape index (κ1) is 15.5. The summed E-state index contributed by atoms with van der Waals surface area (Å²) < 4.78 is 21.0. The molecule has 0 bridgehead atoms. The van der Waals surface area contributed by atoms with Crippen molar-refractivity contribution < 1.29 is 28.3 Å². The number of hydrogen-bond acceptors (Lipinski definition) is 6. The average molecular weight is 313 g/mol. The largest absolute Gasteiger partial charge is 0.761 e. The Bertz CT molecular complexity index is 578. The van der Waals surface area contributed by atoms with Gasteiger partial charge in [-0.25, -0.2) is 4.79 Å². The Kier molecular flexibility index (Phi) is 4.62. The lowest BCUT2D eigenvalue weighted by molar-refractivity contribution is -0.214. The molecule has 1 N–H and O–H groups in total. The van der Waals surface area contributed by atoms with Crippen molar-refractivity contribution in [3.8, 4) is 0 Å². The fourth-order valence-electron chi connectivity index (χ4n) is 1.74. The summed E-state index contributed by atoms with van der Waals surface area (Å²) >= 11 is 0. The molecular weight excluding hydrogens is 299 g/mol. The molecule has 2 atom stereocenters. The van der Waals surface area contributed by atoms with E-state index in [1.165, 1.54) is 0 Å². The number of carbonyl (C=O) groups is 2. The second-order valence-corrected chi connectivity index (χ2v) is 6.12. The lowest BCUT2D eigenvalue weighted by Gasteiger charge is -2.44. The normalized spacial score (nSPS) is 20.4. The molecule has 1 fully saturated rings. The highest BCUT2D eigenvalue weighted by atomic mass is 31.2. The van der Waals surface area contributed by atoms with Gasteiger partial charge < -0.3 is 19.5 Å². The van der Waals surface area contributed by atoms with E-state index in [1.807, 2.05) is 6.07 Å². The maximum Gasteiger partial charge on any atom is 0.408 e. The van der Waals surface area contributed by atoms with Gasteiger partial charge in [0, 0.05) is 7.11 Å². The van der Waals surface area contributed by atoms with E-state index in [4.69, 9.17) is 4.74 Å². The van der Waals surface area contributed by atoms with Crippen molar-refractivity contribution in [2.45, 2.75) is 12.6 Å². The number of alkyl carbamates (subject to hydrolysis) is 1. The van der Waals surface area contributed by atoms with Gasteiger partial charge in [-0.15, -0.1) is 0 Å². The van der Waals surface area contributed by atoms with Gasteiger partial charge in [-0.05, 0) is 5.56 Å². The van der Waals surface area contributed by atoms with E-state index in [1.54, 1.807) is 24.3 Å². The van der Waals surface area contributed by atoms with Crippen molar-refractivity contribution in [3.63, 3.8) is 0 Å². The van der Waals surface area contributed by atoms with Crippen LogP contribution in [0.25, 0.3) is 0 Å². The number of ether oxygens (including phenoxy) is 1. The molecule has 0 saturated carbocycles. The Balaban J connectivity index is 1.78. The van der Waals surface area contributed by atoms with Gasteiger partial charge in [0.15, 0.2) is 0 Å². The van der Waals surface area contributed by atoms with Gasteiger partial charge in [-0.3, -0.25) is 14.0 Å². The molecule has 1 aliphatic heterocycles. The molecule has 1 aliphatic rings. The molecule has 1 aromatic carbocycles. The number of benzene rings is 1. The SMILES string of the molecule is COP(=O)([O-])N1C[C@H](NC(=O)OCc2ccccc2)C1=O. The van der Waals surface area contributed by atoms with Crippen LogP contribution < -0.4 is 10.2 Å². The van der Waals surface area contributed by atoms with E-state index < -0.39 is 25.8 Å². The lowest BCUT2D eigenvalue weighted by Crippen LogP contribution is -2.63. The van der Waals surface area contributed by atoms with E-state index in [-0.39, 0.29) is 13.2 Å². The topological polar surface area (TPSA) is 108 Å². The number of β-lactam (4-membered cyclic amide) rings is 1. The predicted molar refractivity (Wildman–Crippen MR) is 69.9 cm³/mol. The van der Waals surface area contributed by atoms with Gasteiger partial charge in [-0.1, -0.05) is 30.3 Å². The van der Waals surface area contributed by atoms with Gasteiger partial charge in [-0.2, -0.15) is 0 Å². The van der Waals surface area contributed by atoms with Crippen molar-refractivity contribution in [2.24, 2.45) is 0 Å². The van der Waals surface area contributed by atoms with E-state index in [9.17, 15) is 19.0 Å². The summed E-state index contributed by atoms with van der Waals surface area (Å²) in [6.07, 6.45) is -0.782. The second kappa shape index (κ2) is 6.26. The molecule has 0 spiro atoms. The highest BCUT2D eigenvalue weighted by Gasteiger charge is 2.43. The monoisotopic (exact) mass is 313 g/mol. The van der Waals surface area contributed by atoms with Crippen LogP contribution in [0.3, 0.4) is 0 Å². The maximum absolute atomic E-state index is 11.6. The summed E-state index contributed by atoms with van der Waals surface area (Å²) in [6.45, 7) is -0.0939. The lowest BCUT2D eigenvalue weighted by atomic mass is 10.2. The summed E-state index contributed by atoms with van der Waals surface area (Å²) in [6, 6.07) is 8.11. The first-order valence-corrected chi connectivity index (χ1v) is 7.59. The average Bonchev–Trinajstić information content (AvgIpc) is 2.49. The molecule has 9 heteroatoms. The standard InChI is InChI=1S/C12H15N2O6P/c1-19-21(17,18)14-7-10(11(14)15)13-12(16)20-8-9-5-3-2-4-6-9/h2-6,10H,7-8H2,1H3,(H,13,16)(H,17,18)/p-1/t10-/m0/s1. The van der Waals surface area contributed by atoms with Gasteiger partial charge >= 0.3 is 6.09 Å². The van der Waals surface area contributed by atoms with E-state index in [0.717, 1.165) is 12.7 Å². The molecule has 1 saturated heterocycles. The van der Waals surface area contributed by atoms with Crippen LogP contribution in [0, 0.1) is 0 Å². The third kappa shape index (κ3) is 3.60. The molecule has 114 valence electrons. The third-order valence-corrected chi connectivity index (χ3v) is 4.35. The highest BCUT2D eigenvalue weighted by Crippen LogP contribution is 2.44. The Morgan fingerprint density at radius 3 is 2.71 bits per heavy atom. The summed E-state index contributed by atoms with van der Waals surface area (Å²) in [5.74, 6) is -0.744. The minimum absolute atomic E-state index is 0.0649. The molecule has 1 aromatic rings. The first-order valence-electron chi connectivity index (χ1n) is 6.10. The second-order valence-electron chi connectivity index (χ2n) is 4.33. The van der Waals surface area contributed by atoms with Crippen molar-refractivity contribution in [1.29, 1.82) is 0 Å². The van der Waals surface area contributed by atoms with Gasteiger partial charge in [0.25, 0.3) is 5.91 Å². The van der Waals surface area contributed by atoms with Crippen LogP contribution in [0.15, 0.2) is 30.3 Å². The summed E-state index contributed by atoms with van der Waals surface area (Å²) in [5.41, 5.74) is 0.803. The Morgan fingerprint density at radius 2 is 2.14 bits per heavy atom. The third-order valence-electron chi connectivity index (χ3n) is 2.94. The van der Waals surface area contributed by atoms with Crippen LogP contribution in [-0.4, -0.2) is 36.4 Å². The van der Waals surface area contributed by atoms with E-state index in [0.29, 0.717) is 4.67 Å². The van der Waals surface area contributed by atoms with Gasteiger partial charge in [0.1, 0.15) is 12.6 Å². The van der Waals surface area contributed by atoms with Crippen LogP contribution in [0.5, 0.6) is 0 Å². The number of rotatable bonds is 5. The number of nitrogens with one attached hydrogen (secondary N) is 1. The Morgan fingerprint density at radius 1 is 1.48 bits per heavy atom. The Labute approximate surface area is 121 Å². The van der Waals surface area contributed by atoms with Crippen molar-refractivity contribution in [3.05, 3.63) is 35.9 Å². The van der Waals surface area contributed by atoms with Crippen LogP contribution in [0.2, 0.25) is 0 Å². The van der Waals surface area contributed by atoms with Crippen molar-refractivity contribution >= 4 is 19.7 Å². The zero-order chi connectivity index (χ0) is 15.5. The smallest absolute Gasteiger partial charge is 0.408 e. The molecule has 1 heterocycles. The maximum atomic E-state index is 11.6. The van der Waals surface area contributed by atoms with Crippen LogP contribution in [0.4, 0.5) is 4.79 Å². The summed E-state index contributed by atoms with van der Waals surface area (Å²) in [4.78, 5) is 34.4. The molecular formula is C12H14N2O6P-. The molecule has 21 heavy (non-hydrogen) atoms. The zero-order valence-electron chi connectivity index (χ0n) is 11.2. The predicted octanol–water partition coefficient (Wildman–Crippen LogP) is 0.238. The minimum Gasteiger partial charge on any atom is -0.761 e. The van der Waals surface area contributed by atoms with Gasteiger partial charge in [0.05, 0.1) is 6.54 Å². The molecule has 0 aromatic heterocycles. The molecule has 2 amide bonds. The number of hydrogen-bond donors (Lipinski definition) is 1. The number of amides is 2. The summed E-state index contributed by atoms with van der Waals surface area (Å²) in [7, 11) is -3.37. The highest BCUT2D eigenvalue weighted by molar-refractivity contribution is 7.49. The molecule has 0 aliphatic carbocycles. The molecule has 2 rings (SSSR count). The fraction of sp³-hybridized carbons (Fsp3) is 0.333. The fourth-order valence-corrected chi connectivity index (χ4v) is 2.68. The van der Waals surface area contributed by atoms with Crippen LogP contribution in [0.1, 0.15) is 5.56 Å².